The molecule has 26 heavy (non-hydrogen) atoms. The lowest BCUT2D eigenvalue weighted by Crippen LogP contribution is -2.51. The molecule has 1 aromatic carbocycles. The number of hydrogen-bond donors (Lipinski definition) is 1. The molecule has 0 radical (unpaired) electrons. The summed E-state index contributed by atoms with van der Waals surface area (Å²) in [5.41, 5.74) is 0. The number of carbonyl (C=O) groups is 2. The Morgan fingerprint density at radius 1 is 1.15 bits per heavy atom. The van der Waals surface area contributed by atoms with Crippen molar-refractivity contribution in [1.29, 1.82) is 0 Å². The van der Waals surface area contributed by atoms with Crippen LogP contribution in [0.25, 0.3) is 0 Å². The second-order valence-electron chi connectivity index (χ2n) is 6.20. The molecule has 1 N–H and O–H groups in total. The summed E-state index contributed by atoms with van der Waals surface area (Å²) in [5, 5.41) is 4.05. The summed E-state index contributed by atoms with van der Waals surface area (Å²) in [6.07, 6.45) is 2.07. The summed E-state index contributed by atoms with van der Waals surface area (Å²) in [6, 6.07) is 5.32. The van der Waals surface area contributed by atoms with E-state index >= 15 is 0 Å². The molecule has 0 saturated carbocycles. The Morgan fingerprint density at radius 2 is 1.81 bits per heavy atom. The molecule has 1 saturated heterocycles. The molecule has 0 unspecified atom stereocenters. The van der Waals surface area contributed by atoms with Crippen LogP contribution in [0.1, 0.15) is 19.8 Å². The van der Waals surface area contributed by atoms with E-state index in [1.165, 1.54) is 11.8 Å². The number of unbranched alkanes of at least 4 members (excludes halogenated alkanes) is 1. The average molecular weight is 418 g/mol. The fraction of sp³-hybridized carbons (Fsp3) is 0.556. The number of amides is 2. The van der Waals surface area contributed by atoms with Crippen LogP contribution in [0, 0.1) is 0 Å². The summed E-state index contributed by atoms with van der Waals surface area (Å²) in [4.78, 5) is 28.9. The zero-order chi connectivity index (χ0) is 18.9. The van der Waals surface area contributed by atoms with Crippen LogP contribution in [-0.4, -0.2) is 66.6 Å². The number of piperazine rings is 1. The van der Waals surface area contributed by atoms with Crippen LogP contribution >= 0.6 is 35.0 Å². The van der Waals surface area contributed by atoms with Crippen LogP contribution in [0.2, 0.25) is 10.0 Å². The Balaban J connectivity index is 1.72. The van der Waals surface area contributed by atoms with Gasteiger partial charge in [0.25, 0.3) is 0 Å². The largest absolute Gasteiger partial charge is 0.355 e. The van der Waals surface area contributed by atoms with E-state index in [4.69, 9.17) is 23.2 Å². The minimum absolute atomic E-state index is 0.0575. The molecule has 0 bridgehead atoms. The molecule has 144 valence electrons. The highest BCUT2D eigenvalue weighted by Gasteiger charge is 2.22. The van der Waals surface area contributed by atoms with Crippen LogP contribution in [0.4, 0.5) is 0 Å². The molecule has 0 atom stereocenters. The van der Waals surface area contributed by atoms with E-state index in [-0.39, 0.29) is 11.8 Å². The van der Waals surface area contributed by atoms with E-state index in [0.717, 1.165) is 24.3 Å². The number of nitrogens with zero attached hydrogens (tertiary/aromatic N) is 2. The lowest BCUT2D eigenvalue weighted by Gasteiger charge is -2.34. The van der Waals surface area contributed by atoms with Crippen LogP contribution < -0.4 is 5.32 Å². The van der Waals surface area contributed by atoms with E-state index in [0.29, 0.717) is 48.5 Å². The number of rotatable bonds is 8. The Bertz CT molecular complexity index is 602. The van der Waals surface area contributed by atoms with Gasteiger partial charge in [0.15, 0.2) is 0 Å². The van der Waals surface area contributed by atoms with Crippen molar-refractivity contribution in [1.82, 2.24) is 15.1 Å². The first-order valence-corrected chi connectivity index (χ1v) is 10.6. The van der Waals surface area contributed by atoms with Gasteiger partial charge in [-0.1, -0.05) is 42.6 Å². The van der Waals surface area contributed by atoms with Gasteiger partial charge in [0.2, 0.25) is 11.8 Å². The minimum Gasteiger partial charge on any atom is -0.355 e. The Kier molecular flexibility index (Phi) is 9.05. The maximum atomic E-state index is 12.4. The zero-order valence-electron chi connectivity index (χ0n) is 15.0. The van der Waals surface area contributed by atoms with Crippen LogP contribution in [-0.2, 0) is 9.59 Å². The van der Waals surface area contributed by atoms with E-state index in [9.17, 15) is 9.59 Å². The third kappa shape index (κ3) is 6.65. The predicted molar refractivity (Wildman–Crippen MR) is 108 cm³/mol. The number of halogens is 2. The highest BCUT2D eigenvalue weighted by molar-refractivity contribution is 8.00. The molecule has 0 aliphatic carbocycles. The van der Waals surface area contributed by atoms with Crippen molar-refractivity contribution in [2.24, 2.45) is 0 Å². The van der Waals surface area contributed by atoms with Gasteiger partial charge in [-0.3, -0.25) is 14.5 Å². The molecule has 2 rings (SSSR count). The van der Waals surface area contributed by atoms with Crippen LogP contribution in [0.3, 0.4) is 0 Å². The quantitative estimate of drug-likeness (QED) is 0.521. The second-order valence-corrected chi connectivity index (χ2v) is 8.00. The van der Waals surface area contributed by atoms with E-state index in [2.05, 4.69) is 17.1 Å². The van der Waals surface area contributed by atoms with Gasteiger partial charge in [0, 0.05) is 37.6 Å². The van der Waals surface area contributed by atoms with Gasteiger partial charge in [0.1, 0.15) is 0 Å². The maximum Gasteiger partial charge on any atom is 0.234 e. The molecular formula is C18H25Cl2N3O2S. The number of benzene rings is 1. The topological polar surface area (TPSA) is 52.7 Å². The number of nitrogens with one attached hydrogen (secondary N) is 1. The normalized spacial score (nSPS) is 15.1. The van der Waals surface area contributed by atoms with Gasteiger partial charge in [-0.05, 0) is 18.6 Å². The molecule has 8 heteroatoms. The highest BCUT2D eigenvalue weighted by Crippen LogP contribution is 2.33. The first-order chi connectivity index (χ1) is 12.5. The number of hydrogen-bond acceptors (Lipinski definition) is 4. The Hall–Kier alpha value is -0.950. The molecule has 0 aromatic heterocycles. The van der Waals surface area contributed by atoms with Gasteiger partial charge < -0.3 is 10.2 Å². The molecular weight excluding hydrogens is 393 g/mol. The molecule has 1 aliphatic rings. The maximum absolute atomic E-state index is 12.4. The average Bonchev–Trinajstić information content (AvgIpc) is 2.62. The second kappa shape index (κ2) is 11.0. The summed E-state index contributed by atoms with van der Waals surface area (Å²) in [7, 11) is 0. The molecule has 1 aromatic rings. The van der Waals surface area contributed by atoms with Crippen molar-refractivity contribution in [2.45, 2.75) is 24.7 Å². The Labute approximate surface area is 169 Å². The van der Waals surface area contributed by atoms with Crippen LogP contribution in [0.15, 0.2) is 23.1 Å². The minimum atomic E-state index is 0.0575. The first kappa shape index (κ1) is 21.4. The lowest BCUT2D eigenvalue weighted by atomic mass is 10.3. The summed E-state index contributed by atoms with van der Waals surface area (Å²) >= 11 is 13.6. The Morgan fingerprint density at radius 3 is 2.42 bits per heavy atom. The van der Waals surface area contributed by atoms with Crippen LogP contribution in [0.5, 0.6) is 0 Å². The highest BCUT2D eigenvalue weighted by atomic mass is 35.5. The van der Waals surface area contributed by atoms with Crippen molar-refractivity contribution >= 4 is 46.8 Å². The van der Waals surface area contributed by atoms with E-state index in [1.54, 1.807) is 18.2 Å². The van der Waals surface area contributed by atoms with Crippen molar-refractivity contribution in [3.05, 3.63) is 28.2 Å². The number of thioether (sulfide) groups is 1. The smallest absolute Gasteiger partial charge is 0.234 e. The van der Waals surface area contributed by atoms with Gasteiger partial charge >= 0.3 is 0 Å². The van der Waals surface area contributed by atoms with Crippen molar-refractivity contribution in [3.63, 3.8) is 0 Å². The molecule has 1 fully saturated rings. The lowest BCUT2D eigenvalue weighted by molar-refractivity contribution is -0.130. The summed E-state index contributed by atoms with van der Waals surface area (Å²) in [5.74, 6) is 0.432. The van der Waals surface area contributed by atoms with E-state index in [1.807, 2.05) is 4.90 Å². The molecule has 5 nitrogen and oxygen atoms in total. The SMILES string of the molecule is CCCCNC(=O)CN1CCN(C(=O)CSc2c(Cl)cccc2Cl)CC1. The van der Waals surface area contributed by atoms with Crippen molar-refractivity contribution in [3.8, 4) is 0 Å². The van der Waals surface area contributed by atoms with Crippen molar-refractivity contribution in [2.75, 3.05) is 45.0 Å². The molecule has 0 spiro atoms. The fourth-order valence-electron chi connectivity index (χ4n) is 2.66. The third-order valence-electron chi connectivity index (χ3n) is 4.20. The molecule has 1 aliphatic heterocycles. The monoisotopic (exact) mass is 417 g/mol. The van der Waals surface area contributed by atoms with Gasteiger partial charge in [-0.2, -0.15) is 0 Å². The zero-order valence-corrected chi connectivity index (χ0v) is 17.3. The summed E-state index contributed by atoms with van der Waals surface area (Å²) in [6.45, 7) is 5.93. The van der Waals surface area contributed by atoms with Gasteiger partial charge in [0.05, 0.1) is 22.3 Å². The van der Waals surface area contributed by atoms with Crippen molar-refractivity contribution < 1.29 is 9.59 Å². The first-order valence-electron chi connectivity index (χ1n) is 8.85. The number of carbonyl (C=O) groups excluding carboxylic acids is 2. The van der Waals surface area contributed by atoms with Gasteiger partial charge in [-0.15, -0.1) is 11.8 Å². The fourth-order valence-corrected chi connectivity index (χ4v) is 4.25. The predicted octanol–water partition coefficient (Wildman–Crippen LogP) is 3.15. The van der Waals surface area contributed by atoms with E-state index < -0.39 is 0 Å². The molecule has 2 amide bonds. The molecule has 1 heterocycles. The summed E-state index contributed by atoms with van der Waals surface area (Å²) < 4.78 is 0. The van der Waals surface area contributed by atoms with Gasteiger partial charge in [-0.25, -0.2) is 0 Å². The standard InChI is InChI=1S/C18H25Cl2N3O2S/c1-2-3-7-21-16(24)12-22-8-10-23(11-9-22)17(25)13-26-18-14(19)5-4-6-15(18)20/h4-6H,2-3,7-13H2,1H3,(H,21,24). The third-order valence-corrected chi connectivity index (χ3v) is 6.18.